The molecule has 2 aliphatic heterocycles. The van der Waals surface area contributed by atoms with Crippen LogP contribution in [0.15, 0.2) is 54.3 Å². The molecule has 0 fully saturated rings. The Morgan fingerprint density at radius 1 is 1.41 bits per heavy atom. The molecule has 1 unspecified atom stereocenters. The number of halogens is 1. The molecule has 0 aromatic heterocycles. The minimum absolute atomic E-state index is 0.0187. The van der Waals surface area contributed by atoms with Gasteiger partial charge in [-0.15, -0.1) is 0 Å². The first kappa shape index (κ1) is 14.5. The summed E-state index contributed by atoms with van der Waals surface area (Å²) in [5.41, 5.74) is 4.72. The fourth-order valence-corrected chi connectivity index (χ4v) is 2.35. The maximum absolute atomic E-state index is 13.4. The quantitative estimate of drug-likeness (QED) is 0.781. The summed E-state index contributed by atoms with van der Waals surface area (Å²) in [6.45, 7) is 2.06. The molecule has 3 N–H and O–H groups in total. The van der Waals surface area contributed by atoms with Gasteiger partial charge < -0.3 is 26.2 Å². The van der Waals surface area contributed by atoms with Gasteiger partial charge in [0.15, 0.2) is 0 Å². The maximum Gasteiger partial charge on any atom is 0.123 e. The predicted octanol–water partition coefficient (Wildman–Crippen LogP) is 2.37. The summed E-state index contributed by atoms with van der Waals surface area (Å²) < 4.78 is 13.4. The van der Waals surface area contributed by atoms with Gasteiger partial charge in [-0.25, -0.2) is 4.39 Å². The van der Waals surface area contributed by atoms with Crippen molar-refractivity contribution in [3.05, 3.63) is 71.0 Å². The van der Waals surface area contributed by atoms with Gasteiger partial charge in [0, 0.05) is 0 Å². The van der Waals surface area contributed by atoms with E-state index >= 15 is 0 Å². The minimum Gasteiger partial charge on any atom is -0.441 e. The lowest BCUT2D eigenvalue weighted by Crippen LogP contribution is -2.44. The highest BCUT2D eigenvalue weighted by molar-refractivity contribution is 5.72. The van der Waals surface area contributed by atoms with E-state index in [1.807, 2.05) is 25.1 Å². The van der Waals surface area contributed by atoms with Crippen molar-refractivity contribution >= 4 is 5.70 Å². The van der Waals surface area contributed by atoms with Crippen molar-refractivity contribution in [2.75, 3.05) is 6.61 Å². The third-order valence-electron chi connectivity index (χ3n) is 3.61. The third kappa shape index (κ3) is 2.78. The molecule has 0 aliphatic carbocycles. The molecule has 5 nitrogen and oxygen atoms in total. The van der Waals surface area contributed by atoms with E-state index in [1.54, 1.807) is 17.3 Å². The van der Waals surface area contributed by atoms with Gasteiger partial charge >= 0.3 is 0 Å². The van der Waals surface area contributed by atoms with Gasteiger partial charge in [0.25, 0.3) is 0 Å². The number of nitrogens with zero attached hydrogens (tertiary/aromatic N) is 2. The average Bonchev–Trinajstić information content (AvgIpc) is 2.95. The van der Waals surface area contributed by atoms with Crippen LogP contribution in [0.25, 0.3) is 11.0 Å². The molecule has 1 atom stereocenters. The third-order valence-corrected chi connectivity index (χ3v) is 3.61. The number of hydrogen-bond donors (Lipinski definition) is 3. The molecule has 3 rings (SSSR count). The first-order valence-electron chi connectivity index (χ1n) is 7.24. The number of aliphatic hydroxyl groups is 1. The highest BCUT2D eigenvalue weighted by atomic mass is 19.1. The fraction of sp³-hybridized carbons (Fsp3) is 0.250. The van der Waals surface area contributed by atoms with Crippen molar-refractivity contribution in [2.24, 2.45) is 0 Å². The molecule has 6 heteroatoms. The smallest absolute Gasteiger partial charge is 0.123 e. The number of hydrogen-bond acceptors (Lipinski definition) is 4. The van der Waals surface area contributed by atoms with Gasteiger partial charge in [-0.1, -0.05) is 31.3 Å². The number of allylic oxidation sites excluding steroid dienone is 2. The van der Waals surface area contributed by atoms with Gasteiger partial charge in [-0.2, -0.15) is 0 Å². The molecule has 1 aromatic rings. The molecule has 0 bridgehead atoms. The summed E-state index contributed by atoms with van der Waals surface area (Å²) >= 11 is 0. The van der Waals surface area contributed by atoms with Gasteiger partial charge in [-0.05, 0) is 41.7 Å². The van der Waals surface area contributed by atoms with Crippen molar-refractivity contribution in [2.45, 2.75) is 19.4 Å². The van der Waals surface area contributed by atoms with E-state index in [0.717, 1.165) is 29.3 Å². The van der Waals surface area contributed by atoms with Gasteiger partial charge in [-0.3, -0.25) is 0 Å². The maximum atomic E-state index is 13.4. The van der Waals surface area contributed by atoms with Crippen LogP contribution in [0.2, 0.25) is 0 Å². The summed E-state index contributed by atoms with van der Waals surface area (Å²) in [5, 5.41) is 18.6. The molecule has 22 heavy (non-hydrogen) atoms. The lowest BCUT2D eigenvalue weighted by Gasteiger charge is -2.39. The Bertz CT molecular complexity index is 649. The van der Waals surface area contributed by atoms with Gasteiger partial charge in [0.1, 0.15) is 11.6 Å². The van der Waals surface area contributed by atoms with E-state index in [1.165, 1.54) is 12.1 Å². The van der Waals surface area contributed by atoms with Crippen LogP contribution in [0.4, 0.5) is 4.39 Å². The molecule has 0 saturated heterocycles. The number of fused-ring (bicyclic) bond motifs is 1. The zero-order chi connectivity index (χ0) is 15.5. The summed E-state index contributed by atoms with van der Waals surface area (Å²) in [6.07, 6.45) is 6.25. The first-order valence-corrected chi connectivity index (χ1v) is 7.24. The Hall–Kier alpha value is -2.47. The molecule has 2 heterocycles. The fourth-order valence-electron chi connectivity index (χ4n) is 2.35. The van der Waals surface area contributed by atoms with E-state index < -0.39 is 0 Å². The summed E-state index contributed by atoms with van der Waals surface area (Å²) in [6, 6.07) is 6.37. The first-order chi connectivity index (χ1) is 10.7. The van der Waals surface area contributed by atoms with Gasteiger partial charge in [0.05, 0.1) is 12.6 Å². The zero-order valence-corrected chi connectivity index (χ0v) is 12.3. The van der Waals surface area contributed by atoms with Crippen molar-refractivity contribution in [1.29, 1.82) is 0 Å². The minimum atomic E-state index is -0.284. The van der Waals surface area contributed by atoms with Crippen LogP contribution in [0.5, 0.6) is 0 Å². The molecular weight excluding hydrogens is 283 g/mol. The molecule has 0 radical (unpaired) electrons. The topological polar surface area (TPSA) is 61.6 Å². The van der Waals surface area contributed by atoms with E-state index in [4.69, 9.17) is 0 Å². The van der Waals surface area contributed by atoms with Gasteiger partial charge in [0.2, 0.25) is 0 Å². The molecule has 116 valence electrons. The SMILES string of the molecule is CCC(CO)NC1=CC=C2[N-]C=C(c3cccc(F)c3)N2N1. The standard InChI is InChI=1S/C16H18FN4O/c1-2-13(10-22)19-15-6-7-16-18-9-14(21(16)20-15)11-4-3-5-12(17)8-11/h3-9,13,19-20,22H,2,10H2,1H3/q-1. The average molecular weight is 301 g/mol. The number of rotatable bonds is 5. The van der Waals surface area contributed by atoms with Crippen LogP contribution in [-0.2, 0) is 0 Å². The summed E-state index contributed by atoms with van der Waals surface area (Å²) in [5.74, 6) is 1.22. The number of aliphatic hydroxyl groups excluding tert-OH is 1. The summed E-state index contributed by atoms with van der Waals surface area (Å²) in [7, 11) is 0. The van der Waals surface area contributed by atoms with E-state index in [-0.39, 0.29) is 18.5 Å². The van der Waals surface area contributed by atoms with Crippen molar-refractivity contribution in [1.82, 2.24) is 15.8 Å². The predicted molar refractivity (Wildman–Crippen MR) is 83.2 cm³/mol. The second-order valence-electron chi connectivity index (χ2n) is 5.14. The lowest BCUT2D eigenvalue weighted by atomic mass is 10.1. The highest BCUT2D eigenvalue weighted by Crippen LogP contribution is 2.34. The van der Waals surface area contributed by atoms with E-state index in [0.29, 0.717) is 0 Å². The van der Waals surface area contributed by atoms with Crippen LogP contribution < -0.4 is 10.7 Å². The Balaban J connectivity index is 1.78. The molecule has 2 aliphatic rings. The second-order valence-corrected chi connectivity index (χ2v) is 5.14. The molecule has 0 spiro atoms. The van der Waals surface area contributed by atoms with Crippen LogP contribution in [0.3, 0.4) is 0 Å². The lowest BCUT2D eigenvalue weighted by molar-refractivity contribution is 0.239. The molecular formula is C16H18FN4O-. The molecule has 1 aromatic carbocycles. The van der Waals surface area contributed by atoms with Crippen LogP contribution in [0, 0.1) is 5.82 Å². The van der Waals surface area contributed by atoms with E-state index in [2.05, 4.69) is 16.1 Å². The monoisotopic (exact) mass is 301 g/mol. The van der Waals surface area contributed by atoms with Crippen molar-refractivity contribution in [3.63, 3.8) is 0 Å². The Morgan fingerprint density at radius 2 is 2.27 bits per heavy atom. The van der Waals surface area contributed by atoms with Crippen molar-refractivity contribution < 1.29 is 9.50 Å². The highest BCUT2D eigenvalue weighted by Gasteiger charge is 2.17. The Labute approximate surface area is 128 Å². The van der Waals surface area contributed by atoms with Crippen LogP contribution in [0.1, 0.15) is 18.9 Å². The summed E-state index contributed by atoms with van der Waals surface area (Å²) in [4.78, 5) is 0. The second kappa shape index (κ2) is 6.11. The Kier molecular flexibility index (Phi) is 4.02. The van der Waals surface area contributed by atoms with Crippen LogP contribution >= 0.6 is 0 Å². The molecule has 0 saturated carbocycles. The largest absolute Gasteiger partial charge is 0.441 e. The molecule has 0 amide bonds. The Morgan fingerprint density at radius 3 is 3.00 bits per heavy atom. The number of nitrogens with one attached hydrogen (secondary N) is 2. The zero-order valence-electron chi connectivity index (χ0n) is 12.3. The van der Waals surface area contributed by atoms with Crippen LogP contribution in [-0.4, -0.2) is 22.8 Å². The van der Waals surface area contributed by atoms with E-state index in [9.17, 15) is 9.50 Å². The normalized spacial score (nSPS) is 17.6. The number of benzene rings is 1. The number of hydrazine groups is 1. The van der Waals surface area contributed by atoms with Crippen molar-refractivity contribution in [3.8, 4) is 0 Å².